The van der Waals surface area contributed by atoms with E-state index in [0.29, 0.717) is 13.0 Å². The highest BCUT2D eigenvalue weighted by Crippen LogP contribution is 2.37. The molecule has 0 spiro atoms. The Balaban J connectivity index is 3.36. The van der Waals surface area contributed by atoms with Crippen LogP contribution in [0.2, 0.25) is 0 Å². The molecule has 1 aromatic rings. The maximum atomic E-state index is 13.2. The fourth-order valence-electron chi connectivity index (χ4n) is 2.09. The topological polar surface area (TPSA) is 38.3 Å². The Morgan fingerprint density at radius 2 is 1.76 bits per heavy atom. The maximum absolute atomic E-state index is 13.2. The lowest BCUT2D eigenvalue weighted by Crippen LogP contribution is -2.49. The summed E-state index contributed by atoms with van der Waals surface area (Å²) in [4.78, 5) is 12.2. The molecule has 0 aliphatic heterocycles. The molecule has 0 radical (unpaired) electrons. The summed E-state index contributed by atoms with van der Waals surface area (Å²) >= 11 is 0. The van der Waals surface area contributed by atoms with Crippen molar-refractivity contribution in [2.75, 3.05) is 13.2 Å². The van der Waals surface area contributed by atoms with E-state index in [-0.39, 0.29) is 12.2 Å². The number of carbonyl (C=O) groups is 1. The summed E-state index contributed by atoms with van der Waals surface area (Å²) in [5.74, 6) is -0.713. The molecular formula is C15H20F3NO2. The molecule has 1 rings (SSSR count). The third-order valence-electron chi connectivity index (χ3n) is 3.18. The van der Waals surface area contributed by atoms with E-state index < -0.39 is 23.2 Å². The number of hydrogen-bond acceptors (Lipinski definition) is 3. The second-order valence-electron chi connectivity index (χ2n) is 4.82. The van der Waals surface area contributed by atoms with Gasteiger partial charge in [0, 0.05) is 0 Å². The molecule has 0 saturated carbocycles. The van der Waals surface area contributed by atoms with Gasteiger partial charge >= 0.3 is 12.1 Å². The first-order valence-corrected chi connectivity index (χ1v) is 6.86. The van der Waals surface area contributed by atoms with Gasteiger partial charge in [-0.15, -0.1) is 0 Å². The minimum Gasteiger partial charge on any atom is -0.464 e. The van der Waals surface area contributed by atoms with Gasteiger partial charge in [-0.2, -0.15) is 13.2 Å². The molecule has 118 valence electrons. The van der Waals surface area contributed by atoms with Crippen molar-refractivity contribution in [2.45, 2.75) is 38.9 Å². The third-order valence-corrected chi connectivity index (χ3v) is 3.18. The molecule has 1 N–H and O–H groups in total. The van der Waals surface area contributed by atoms with Crippen LogP contribution in [0.3, 0.4) is 0 Å². The number of esters is 1. The molecule has 1 aromatic carbocycles. The largest absolute Gasteiger partial charge is 0.464 e. The van der Waals surface area contributed by atoms with Crippen LogP contribution in [0.25, 0.3) is 0 Å². The van der Waals surface area contributed by atoms with Crippen LogP contribution >= 0.6 is 0 Å². The minimum absolute atomic E-state index is 0.108. The van der Waals surface area contributed by atoms with Gasteiger partial charge in [0.2, 0.25) is 0 Å². The highest BCUT2D eigenvalue weighted by molar-refractivity contribution is 5.82. The van der Waals surface area contributed by atoms with E-state index in [1.165, 1.54) is 25.1 Å². The highest BCUT2D eigenvalue weighted by Gasteiger charge is 2.43. The van der Waals surface area contributed by atoms with Crippen LogP contribution in [-0.2, 0) is 21.2 Å². The van der Waals surface area contributed by atoms with Crippen molar-refractivity contribution in [1.29, 1.82) is 0 Å². The van der Waals surface area contributed by atoms with E-state index in [0.717, 1.165) is 6.07 Å². The zero-order chi connectivity index (χ0) is 16.1. The molecule has 0 amide bonds. The van der Waals surface area contributed by atoms with Crippen molar-refractivity contribution in [2.24, 2.45) is 0 Å². The number of hydrogen-bond donors (Lipinski definition) is 1. The van der Waals surface area contributed by atoms with Gasteiger partial charge in [0.25, 0.3) is 0 Å². The van der Waals surface area contributed by atoms with E-state index in [9.17, 15) is 18.0 Å². The lowest BCUT2D eigenvalue weighted by Gasteiger charge is -2.31. The Morgan fingerprint density at radius 1 is 1.19 bits per heavy atom. The van der Waals surface area contributed by atoms with Crippen molar-refractivity contribution in [3.05, 3.63) is 35.4 Å². The molecule has 21 heavy (non-hydrogen) atoms. The van der Waals surface area contributed by atoms with Crippen LogP contribution in [-0.4, -0.2) is 19.1 Å². The zero-order valence-electron chi connectivity index (χ0n) is 12.4. The molecular weight excluding hydrogens is 283 g/mol. The quantitative estimate of drug-likeness (QED) is 0.818. The Kier molecular flexibility index (Phi) is 5.78. The molecule has 0 fully saturated rings. The second kappa shape index (κ2) is 6.93. The Hall–Kier alpha value is -1.56. The van der Waals surface area contributed by atoms with Crippen LogP contribution in [0.4, 0.5) is 13.2 Å². The van der Waals surface area contributed by atoms with Crippen LogP contribution in [0.1, 0.15) is 38.3 Å². The van der Waals surface area contributed by atoms with Gasteiger partial charge in [0.15, 0.2) is 0 Å². The van der Waals surface area contributed by atoms with E-state index in [1.54, 1.807) is 6.92 Å². The van der Waals surface area contributed by atoms with E-state index in [1.807, 2.05) is 6.92 Å². The first kappa shape index (κ1) is 17.5. The SMILES string of the molecule is CCCNC(C)(C(=O)OCC)c1ccccc1C(F)(F)F. The number of benzene rings is 1. The number of alkyl halides is 3. The van der Waals surface area contributed by atoms with Crippen LogP contribution < -0.4 is 5.32 Å². The fraction of sp³-hybridized carbons (Fsp3) is 0.533. The molecule has 0 heterocycles. The summed E-state index contributed by atoms with van der Waals surface area (Å²) < 4.78 is 44.5. The van der Waals surface area contributed by atoms with Gasteiger partial charge in [-0.3, -0.25) is 5.32 Å². The summed E-state index contributed by atoms with van der Waals surface area (Å²) in [6.45, 7) is 5.42. The average Bonchev–Trinajstić information content (AvgIpc) is 2.44. The summed E-state index contributed by atoms with van der Waals surface area (Å²) in [6.07, 6.45) is -3.85. The van der Waals surface area contributed by atoms with Gasteiger partial charge in [-0.25, -0.2) is 4.79 Å². The van der Waals surface area contributed by atoms with E-state index in [4.69, 9.17) is 4.74 Å². The molecule has 0 aliphatic rings. The van der Waals surface area contributed by atoms with Crippen molar-refractivity contribution < 1.29 is 22.7 Å². The predicted octanol–water partition coefficient (Wildman–Crippen LogP) is 3.48. The molecule has 0 saturated heterocycles. The molecule has 6 heteroatoms. The maximum Gasteiger partial charge on any atom is 0.416 e. The Bertz CT molecular complexity index is 488. The highest BCUT2D eigenvalue weighted by atomic mass is 19.4. The number of ether oxygens (including phenoxy) is 1. The number of rotatable bonds is 6. The van der Waals surface area contributed by atoms with Crippen molar-refractivity contribution in [3.63, 3.8) is 0 Å². The summed E-state index contributed by atoms with van der Waals surface area (Å²) in [7, 11) is 0. The Morgan fingerprint density at radius 3 is 2.24 bits per heavy atom. The minimum atomic E-state index is -4.53. The normalized spacial score (nSPS) is 14.6. The number of carbonyl (C=O) groups excluding carboxylic acids is 1. The fourth-order valence-corrected chi connectivity index (χ4v) is 2.09. The lowest BCUT2D eigenvalue weighted by molar-refractivity contribution is -0.152. The standard InChI is InChI=1S/C15H20F3NO2/c1-4-10-19-14(3,13(20)21-5-2)11-8-6-7-9-12(11)15(16,17)18/h6-9,19H,4-5,10H2,1-3H3. The van der Waals surface area contributed by atoms with Gasteiger partial charge < -0.3 is 4.74 Å². The van der Waals surface area contributed by atoms with Crippen LogP contribution in [0.15, 0.2) is 24.3 Å². The number of halogens is 3. The first-order chi connectivity index (χ1) is 9.77. The van der Waals surface area contributed by atoms with Gasteiger partial charge in [-0.1, -0.05) is 25.1 Å². The van der Waals surface area contributed by atoms with Crippen LogP contribution in [0, 0.1) is 0 Å². The summed E-state index contributed by atoms with van der Waals surface area (Å²) in [5.41, 5.74) is -2.48. The molecule has 0 bridgehead atoms. The molecule has 0 aromatic heterocycles. The molecule has 3 nitrogen and oxygen atoms in total. The van der Waals surface area contributed by atoms with Crippen molar-refractivity contribution in [1.82, 2.24) is 5.32 Å². The number of nitrogens with one attached hydrogen (secondary N) is 1. The molecule has 1 unspecified atom stereocenters. The monoisotopic (exact) mass is 303 g/mol. The summed E-state index contributed by atoms with van der Waals surface area (Å²) in [5, 5.41) is 2.88. The summed E-state index contributed by atoms with van der Waals surface area (Å²) in [6, 6.07) is 5.07. The van der Waals surface area contributed by atoms with Gasteiger partial charge in [0.05, 0.1) is 12.2 Å². The molecule has 0 aliphatic carbocycles. The average molecular weight is 303 g/mol. The molecule has 1 atom stereocenters. The van der Waals surface area contributed by atoms with E-state index in [2.05, 4.69) is 5.32 Å². The van der Waals surface area contributed by atoms with Crippen molar-refractivity contribution in [3.8, 4) is 0 Å². The first-order valence-electron chi connectivity index (χ1n) is 6.86. The third kappa shape index (κ3) is 3.97. The second-order valence-corrected chi connectivity index (χ2v) is 4.82. The predicted molar refractivity (Wildman–Crippen MR) is 73.7 cm³/mol. The lowest BCUT2D eigenvalue weighted by atomic mass is 9.87. The van der Waals surface area contributed by atoms with Gasteiger partial charge in [-0.05, 0) is 38.4 Å². The van der Waals surface area contributed by atoms with Gasteiger partial charge in [0.1, 0.15) is 5.54 Å². The van der Waals surface area contributed by atoms with Crippen molar-refractivity contribution >= 4 is 5.97 Å². The van der Waals surface area contributed by atoms with E-state index >= 15 is 0 Å². The zero-order valence-corrected chi connectivity index (χ0v) is 12.4. The van der Waals surface area contributed by atoms with Crippen LogP contribution in [0.5, 0.6) is 0 Å². The Labute approximate surface area is 122 Å². The smallest absolute Gasteiger partial charge is 0.416 e.